The van der Waals surface area contributed by atoms with Crippen molar-refractivity contribution in [3.8, 4) is 0 Å². The average molecular weight is 248 g/mol. The Morgan fingerprint density at radius 3 is 2.71 bits per heavy atom. The molecule has 0 fully saturated rings. The maximum absolute atomic E-state index is 11.9. The topological polar surface area (TPSA) is 42.0 Å². The first-order valence-electron chi connectivity index (χ1n) is 5.91. The van der Waals surface area contributed by atoms with Crippen LogP contribution in [-0.2, 0) is 4.79 Å². The van der Waals surface area contributed by atoms with Crippen LogP contribution in [0.5, 0.6) is 0 Å². The van der Waals surface area contributed by atoms with Gasteiger partial charge in [0.25, 0.3) is 0 Å². The molecule has 0 spiro atoms. The number of para-hydroxylation sites is 1. The molecule has 0 bridgehead atoms. The van der Waals surface area contributed by atoms with Crippen LogP contribution in [0, 0.1) is 5.92 Å². The highest BCUT2D eigenvalue weighted by atomic mass is 32.1. The average Bonchev–Trinajstić information content (AvgIpc) is 2.72. The minimum atomic E-state index is 0.0778. The van der Waals surface area contributed by atoms with Crippen LogP contribution in [0.3, 0.4) is 0 Å². The summed E-state index contributed by atoms with van der Waals surface area (Å²) < 4.78 is 1.10. The Bertz CT molecular complexity index is 484. The van der Waals surface area contributed by atoms with E-state index >= 15 is 0 Å². The molecule has 0 aliphatic heterocycles. The molecule has 3 nitrogen and oxygen atoms in total. The van der Waals surface area contributed by atoms with Gasteiger partial charge in [-0.1, -0.05) is 37.3 Å². The van der Waals surface area contributed by atoms with Crippen LogP contribution in [0.1, 0.15) is 26.7 Å². The van der Waals surface area contributed by atoms with Crippen LogP contribution < -0.4 is 5.32 Å². The SMILES string of the molecule is CCC(CC)C(=O)Nc1nc2ccccc2s1. The second-order valence-corrected chi connectivity index (χ2v) is 5.02. The summed E-state index contributed by atoms with van der Waals surface area (Å²) in [5, 5.41) is 3.60. The highest BCUT2D eigenvalue weighted by Gasteiger charge is 2.15. The van der Waals surface area contributed by atoms with E-state index in [9.17, 15) is 4.79 Å². The van der Waals surface area contributed by atoms with Gasteiger partial charge < -0.3 is 5.32 Å². The Hall–Kier alpha value is -1.42. The molecule has 0 saturated carbocycles. The molecular formula is C13H16N2OS. The van der Waals surface area contributed by atoms with Crippen molar-refractivity contribution < 1.29 is 4.79 Å². The lowest BCUT2D eigenvalue weighted by molar-refractivity contribution is -0.120. The molecule has 0 unspecified atom stereocenters. The molecule has 1 N–H and O–H groups in total. The fraction of sp³-hybridized carbons (Fsp3) is 0.385. The molecule has 1 heterocycles. The van der Waals surface area contributed by atoms with E-state index in [4.69, 9.17) is 0 Å². The number of fused-ring (bicyclic) bond motifs is 1. The molecule has 0 atom stereocenters. The summed E-state index contributed by atoms with van der Waals surface area (Å²) in [6, 6.07) is 7.90. The van der Waals surface area contributed by atoms with Crippen LogP contribution in [0.4, 0.5) is 5.13 Å². The molecule has 90 valence electrons. The van der Waals surface area contributed by atoms with Gasteiger partial charge in [-0.05, 0) is 25.0 Å². The lowest BCUT2D eigenvalue weighted by atomic mass is 10.0. The number of thiazole rings is 1. The van der Waals surface area contributed by atoms with E-state index in [1.54, 1.807) is 0 Å². The number of nitrogens with zero attached hydrogens (tertiary/aromatic N) is 1. The van der Waals surface area contributed by atoms with Crippen molar-refractivity contribution in [3.05, 3.63) is 24.3 Å². The first-order valence-corrected chi connectivity index (χ1v) is 6.72. The van der Waals surface area contributed by atoms with Crippen molar-refractivity contribution in [3.63, 3.8) is 0 Å². The number of nitrogens with one attached hydrogen (secondary N) is 1. The Kier molecular flexibility index (Phi) is 3.74. The second kappa shape index (κ2) is 5.27. The first kappa shape index (κ1) is 12.0. The molecule has 0 aliphatic carbocycles. The van der Waals surface area contributed by atoms with E-state index < -0.39 is 0 Å². The molecule has 4 heteroatoms. The minimum Gasteiger partial charge on any atom is -0.302 e. The smallest absolute Gasteiger partial charge is 0.229 e. The fourth-order valence-corrected chi connectivity index (χ4v) is 2.66. The molecule has 1 aromatic carbocycles. The normalized spacial score (nSPS) is 11.0. The molecule has 1 amide bonds. The van der Waals surface area contributed by atoms with Crippen LogP contribution in [-0.4, -0.2) is 10.9 Å². The number of anilines is 1. The monoisotopic (exact) mass is 248 g/mol. The van der Waals surface area contributed by atoms with Crippen molar-refractivity contribution in [2.75, 3.05) is 5.32 Å². The second-order valence-electron chi connectivity index (χ2n) is 3.99. The Morgan fingerprint density at radius 2 is 2.06 bits per heavy atom. The van der Waals surface area contributed by atoms with E-state index in [-0.39, 0.29) is 11.8 Å². The third kappa shape index (κ3) is 2.64. The zero-order valence-electron chi connectivity index (χ0n) is 10.1. The van der Waals surface area contributed by atoms with Gasteiger partial charge in [-0.15, -0.1) is 0 Å². The number of carbonyl (C=O) groups excluding carboxylic acids is 1. The van der Waals surface area contributed by atoms with Crippen molar-refractivity contribution in [1.29, 1.82) is 0 Å². The minimum absolute atomic E-state index is 0.0778. The van der Waals surface area contributed by atoms with E-state index in [1.165, 1.54) is 11.3 Å². The summed E-state index contributed by atoms with van der Waals surface area (Å²) in [5.74, 6) is 0.163. The summed E-state index contributed by atoms with van der Waals surface area (Å²) >= 11 is 1.52. The van der Waals surface area contributed by atoms with E-state index in [0.717, 1.165) is 23.1 Å². The van der Waals surface area contributed by atoms with Gasteiger partial charge in [-0.2, -0.15) is 0 Å². The van der Waals surface area contributed by atoms with Gasteiger partial charge in [0.15, 0.2) is 5.13 Å². The maximum atomic E-state index is 11.9. The van der Waals surface area contributed by atoms with Crippen molar-refractivity contribution in [1.82, 2.24) is 4.98 Å². The predicted octanol–water partition coefficient (Wildman–Crippen LogP) is 3.67. The summed E-state index contributed by atoms with van der Waals surface area (Å²) in [6.07, 6.45) is 1.74. The number of aromatic nitrogens is 1. The zero-order valence-corrected chi connectivity index (χ0v) is 10.9. The molecule has 2 aromatic rings. The first-order chi connectivity index (χ1) is 8.24. The standard InChI is InChI=1S/C13H16N2OS/c1-3-9(4-2)12(16)15-13-14-10-7-5-6-8-11(10)17-13/h5-9H,3-4H2,1-2H3,(H,14,15,16). The lowest BCUT2D eigenvalue weighted by Crippen LogP contribution is -2.21. The highest BCUT2D eigenvalue weighted by Crippen LogP contribution is 2.26. The van der Waals surface area contributed by atoms with Crippen molar-refractivity contribution in [2.45, 2.75) is 26.7 Å². The Labute approximate surface area is 105 Å². The Morgan fingerprint density at radius 1 is 1.35 bits per heavy atom. The molecule has 2 rings (SSSR count). The molecule has 1 aromatic heterocycles. The zero-order chi connectivity index (χ0) is 12.3. The lowest BCUT2D eigenvalue weighted by Gasteiger charge is -2.10. The van der Waals surface area contributed by atoms with E-state index in [1.807, 2.05) is 38.1 Å². The number of rotatable bonds is 4. The number of hydrogen-bond acceptors (Lipinski definition) is 3. The van der Waals surface area contributed by atoms with Gasteiger partial charge in [0, 0.05) is 5.92 Å². The van der Waals surface area contributed by atoms with Crippen molar-refractivity contribution >= 4 is 32.6 Å². The maximum Gasteiger partial charge on any atom is 0.229 e. The van der Waals surface area contributed by atoms with Gasteiger partial charge in [0.05, 0.1) is 10.2 Å². The van der Waals surface area contributed by atoms with Crippen LogP contribution in [0.25, 0.3) is 10.2 Å². The van der Waals surface area contributed by atoms with Crippen LogP contribution in [0.15, 0.2) is 24.3 Å². The summed E-state index contributed by atoms with van der Waals surface area (Å²) in [7, 11) is 0. The van der Waals surface area contributed by atoms with E-state index in [2.05, 4.69) is 10.3 Å². The summed E-state index contributed by atoms with van der Waals surface area (Å²) in [6.45, 7) is 4.07. The Balaban J connectivity index is 2.15. The van der Waals surface area contributed by atoms with E-state index in [0.29, 0.717) is 5.13 Å². The molecule has 17 heavy (non-hydrogen) atoms. The number of carbonyl (C=O) groups is 1. The van der Waals surface area contributed by atoms with Crippen molar-refractivity contribution in [2.24, 2.45) is 5.92 Å². The number of benzene rings is 1. The summed E-state index contributed by atoms with van der Waals surface area (Å²) in [4.78, 5) is 16.3. The number of amides is 1. The third-order valence-corrected chi connectivity index (χ3v) is 3.83. The molecule has 0 radical (unpaired) electrons. The molecule has 0 saturated heterocycles. The third-order valence-electron chi connectivity index (χ3n) is 2.88. The van der Waals surface area contributed by atoms with Gasteiger partial charge in [-0.25, -0.2) is 4.98 Å². The quantitative estimate of drug-likeness (QED) is 0.897. The van der Waals surface area contributed by atoms with Gasteiger partial charge in [0.1, 0.15) is 0 Å². The van der Waals surface area contributed by atoms with Gasteiger partial charge in [-0.3, -0.25) is 4.79 Å². The molecular weight excluding hydrogens is 232 g/mol. The van der Waals surface area contributed by atoms with Crippen LogP contribution >= 0.6 is 11.3 Å². The predicted molar refractivity (Wildman–Crippen MR) is 72.3 cm³/mol. The largest absolute Gasteiger partial charge is 0.302 e. The molecule has 0 aliphatic rings. The number of hydrogen-bond donors (Lipinski definition) is 1. The van der Waals surface area contributed by atoms with Crippen LogP contribution in [0.2, 0.25) is 0 Å². The van der Waals surface area contributed by atoms with Gasteiger partial charge in [0.2, 0.25) is 5.91 Å². The van der Waals surface area contributed by atoms with Gasteiger partial charge >= 0.3 is 0 Å². The fourth-order valence-electron chi connectivity index (χ4n) is 1.79. The highest BCUT2D eigenvalue weighted by molar-refractivity contribution is 7.22. The summed E-state index contributed by atoms with van der Waals surface area (Å²) in [5.41, 5.74) is 0.942.